The van der Waals surface area contributed by atoms with Crippen LogP contribution in [0.5, 0.6) is 0 Å². The summed E-state index contributed by atoms with van der Waals surface area (Å²) in [6, 6.07) is 15.6. The third-order valence-electron chi connectivity index (χ3n) is 6.12. The largest absolute Gasteiger partial charge is 0.330 e. The van der Waals surface area contributed by atoms with Gasteiger partial charge in [0.15, 0.2) is 0 Å². The molecular weight excluding hydrogens is 463 g/mol. The Kier molecular flexibility index (Phi) is 7.73. The standard InChI is InChI=1S/C27H29FN4O2S/c1-3-23(31(14-7-13-29)26(33)20-11-10-18(2)21(28)16-20)25-30-22-12-15-35-24(22)27(34)32(25)17-19-8-5-4-6-9-19/h4-6,8-12,15-16,23H,3,7,13-14,17,29H2,1-2H3. The Bertz CT molecular complexity index is 1380. The van der Waals surface area contributed by atoms with Crippen molar-refractivity contribution in [3.63, 3.8) is 0 Å². The molecule has 2 heterocycles. The summed E-state index contributed by atoms with van der Waals surface area (Å²) in [5, 5.41) is 1.85. The summed E-state index contributed by atoms with van der Waals surface area (Å²) in [4.78, 5) is 33.8. The highest BCUT2D eigenvalue weighted by molar-refractivity contribution is 7.17. The fourth-order valence-electron chi connectivity index (χ4n) is 4.23. The fourth-order valence-corrected chi connectivity index (χ4v) is 5.01. The van der Waals surface area contributed by atoms with Gasteiger partial charge in [-0.15, -0.1) is 11.3 Å². The van der Waals surface area contributed by atoms with Crippen molar-refractivity contribution in [3.05, 3.63) is 98.7 Å². The van der Waals surface area contributed by atoms with Crippen molar-refractivity contribution in [3.8, 4) is 0 Å². The second kappa shape index (κ2) is 10.9. The molecule has 0 fully saturated rings. The van der Waals surface area contributed by atoms with Gasteiger partial charge in [-0.3, -0.25) is 14.2 Å². The van der Waals surface area contributed by atoms with Gasteiger partial charge >= 0.3 is 0 Å². The van der Waals surface area contributed by atoms with Crippen LogP contribution in [0.1, 0.15) is 53.1 Å². The van der Waals surface area contributed by atoms with Gasteiger partial charge in [-0.25, -0.2) is 9.37 Å². The van der Waals surface area contributed by atoms with Crippen LogP contribution < -0.4 is 11.3 Å². The third kappa shape index (κ3) is 5.18. The zero-order valence-corrected chi connectivity index (χ0v) is 20.7. The van der Waals surface area contributed by atoms with Crippen LogP contribution >= 0.6 is 11.3 Å². The normalized spacial score (nSPS) is 12.1. The van der Waals surface area contributed by atoms with Gasteiger partial charge in [0, 0.05) is 12.1 Å². The van der Waals surface area contributed by atoms with Gasteiger partial charge in [-0.2, -0.15) is 0 Å². The molecule has 2 aromatic heterocycles. The molecule has 1 unspecified atom stereocenters. The average Bonchev–Trinajstić information content (AvgIpc) is 3.34. The number of hydrogen-bond donors (Lipinski definition) is 1. The van der Waals surface area contributed by atoms with E-state index in [0.29, 0.717) is 54.1 Å². The number of carbonyl (C=O) groups is 1. The van der Waals surface area contributed by atoms with Gasteiger partial charge < -0.3 is 10.6 Å². The first-order chi connectivity index (χ1) is 16.9. The lowest BCUT2D eigenvalue weighted by Crippen LogP contribution is -2.40. The molecule has 0 bridgehead atoms. The first kappa shape index (κ1) is 24.8. The predicted octanol–water partition coefficient (Wildman–Crippen LogP) is 4.90. The Labute approximate surface area is 207 Å². The summed E-state index contributed by atoms with van der Waals surface area (Å²) in [5.41, 5.74) is 7.97. The number of nitrogens with zero attached hydrogens (tertiary/aromatic N) is 3. The highest BCUT2D eigenvalue weighted by Crippen LogP contribution is 2.28. The Hall–Kier alpha value is -3.36. The number of benzene rings is 2. The topological polar surface area (TPSA) is 81.2 Å². The number of halogens is 1. The Morgan fingerprint density at radius 1 is 1.20 bits per heavy atom. The zero-order chi connectivity index (χ0) is 24.9. The van der Waals surface area contributed by atoms with Gasteiger partial charge in [0.05, 0.1) is 18.1 Å². The highest BCUT2D eigenvalue weighted by atomic mass is 32.1. The Morgan fingerprint density at radius 2 is 1.97 bits per heavy atom. The molecular formula is C27H29FN4O2S. The van der Waals surface area contributed by atoms with Crippen LogP contribution in [-0.4, -0.2) is 33.4 Å². The molecule has 35 heavy (non-hydrogen) atoms. The smallest absolute Gasteiger partial charge is 0.271 e. The molecule has 0 radical (unpaired) electrons. The summed E-state index contributed by atoms with van der Waals surface area (Å²) in [6.07, 6.45) is 1.10. The third-order valence-corrected chi connectivity index (χ3v) is 7.01. The van der Waals surface area contributed by atoms with Crippen LogP contribution in [0.2, 0.25) is 0 Å². The van der Waals surface area contributed by atoms with Crippen molar-refractivity contribution in [2.75, 3.05) is 13.1 Å². The molecule has 8 heteroatoms. The van der Waals surface area contributed by atoms with E-state index in [2.05, 4.69) is 0 Å². The SMILES string of the molecule is CCC(c1nc2ccsc2c(=O)n1Cc1ccccc1)N(CCCN)C(=O)c1ccc(C)c(F)c1. The minimum absolute atomic E-state index is 0.130. The van der Waals surface area contributed by atoms with Gasteiger partial charge in [0.25, 0.3) is 11.5 Å². The number of rotatable bonds is 9. The van der Waals surface area contributed by atoms with E-state index in [1.807, 2.05) is 48.7 Å². The quantitative estimate of drug-likeness (QED) is 0.361. The van der Waals surface area contributed by atoms with Gasteiger partial charge in [0.1, 0.15) is 16.3 Å². The van der Waals surface area contributed by atoms with E-state index in [1.165, 1.54) is 17.4 Å². The molecule has 6 nitrogen and oxygen atoms in total. The minimum atomic E-state index is -0.487. The van der Waals surface area contributed by atoms with Crippen molar-refractivity contribution in [2.45, 2.75) is 39.3 Å². The van der Waals surface area contributed by atoms with E-state index < -0.39 is 11.9 Å². The van der Waals surface area contributed by atoms with Crippen molar-refractivity contribution in [1.82, 2.24) is 14.5 Å². The number of fused-ring (bicyclic) bond motifs is 1. The monoisotopic (exact) mass is 492 g/mol. The van der Waals surface area contributed by atoms with E-state index in [-0.39, 0.29) is 17.0 Å². The molecule has 0 saturated carbocycles. The van der Waals surface area contributed by atoms with Crippen LogP contribution in [0.3, 0.4) is 0 Å². The molecule has 0 aliphatic carbocycles. The molecule has 4 rings (SSSR count). The van der Waals surface area contributed by atoms with Crippen LogP contribution in [0.25, 0.3) is 10.2 Å². The molecule has 0 aliphatic rings. The second-order valence-corrected chi connectivity index (χ2v) is 9.43. The number of nitrogens with two attached hydrogens (primary N) is 1. The van der Waals surface area contributed by atoms with Crippen LogP contribution in [0.4, 0.5) is 4.39 Å². The number of thiophene rings is 1. The molecule has 4 aromatic rings. The predicted molar refractivity (Wildman–Crippen MR) is 138 cm³/mol. The molecule has 0 saturated heterocycles. The van der Waals surface area contributed by atoms with Crippen molar-refractivity contribution in [2.24, 2.45) is 5.73 Å². The van der Waals surface area contributed by atoms with Crippen molar-refractivity contribution >= 4 is 27.5 Å². The first-order valence-corrected chi connectivity index (χ1v) is 12.6. The lowest BCUT2D eigenvalue weighted by atomic mass is 10.1. The minimum Gasteiger partial charge on any atom is -0.330 e. The summed E-state index contributed by atoms with van der Waals surface area (Å²) < 4.78 is 16.6. The number of hydrogen-bond acceptors (Lipinski definition) is 5. The van der Waals surface area contributed by atoms with Crippen molar-refractivity contribution in [1.29, 1.82) is 0 Å². The molecule has 2 aromatic carbocycles. The average molecular weight is 493 g/mol. The number of carbonyl (C=O) groups excluding carboxylic acids is 1. The van der Waals surface area contributed by atoms with Crippen molar-refractivity contribution < 1.29 is 9.18 Å². The van der Waals surface area contributed by atoms with E-state index in [1.54, 1.807) is 28.5 Å². The summed E-state index contributed by atoms with van der Waals surface area (Å²) >= 11 is 1.36. The summed E-state index contributed by atoms with van der Waals surface area (Å²) in [5.74, 6) is -0.221. The van der Waals surface area contributed by atoms with Crippen LogP contribution in [-0.2, 0) is 6.54 Å². The number of aryl methyl sites for hydroxylation is 1. The van der Waals surface area contributed by atoms with E-state index in [4.69, 9.17) is 10.7 Å². The summed E-state index contributed by atoms with van der Waals surface area (Å²) in [7, 11) is 0. The lowest BCUT2D eigenvalue weighted by molar-refractivity contribution is 0.0655. The maximum Gasteiger partial charge on any atom is 0.271 e. The lowest BCUT2D eigenvalue weighted by Gasteiger charge is -2.32. The molecule has 182 valence electrons. The Balaban J connectivity index is 1.84. The fraction of sp³-hybridized carbons (Fsp3) is 0.296. The van der Waals surface area contributed by atoms with Gasteiger partial charge in [-0.1, -0.05) is 43.3 Å². The van der Waals surface area contributed by atoms with Gasteiger partial charge in [-0.05, 0) is 61.0 Å². The number of aromatic nitrogens is 2. The highest BCUT2D eigenvalue weighted by Gasteiger charge is 2.29. The molecule has 2 N–H and O–H groups in total. The number of amides is 1. The second-order valence-electron chi connectivity index (χ2n) is 8.51. The summed E-state index contributed by atoms with van der Waals surface area (Å²) in [6.45, 7) is 4.72. The van der Waals surface area contributed by atoms with Gasteiger partial charge in [0.2, 0.25) is 0 Å². The van der Waals surface area contributed by atoms with E-state index in [0.717, 1.165) is 5.56 Å². The first-order valence-electron chi connectivity index (χ1n) is 11.7. The van der Waals surface area contributed by atoms with Crippen LogP contribution in [0, 0.1) is 12.7 Å². The maximum atomic E-state index is 14.3. The van der Waals surface area contributed by atoms with Crippen LogP contribution in [0.15, 0.2) is 64.8 Å². The zero-order valence-electron chi connectivity index (χ0n) is 19.9. The Morgan fingerprint density at radius 3 is 2.66 bits per heavy atom. The molecule has 0 aliphatic heterocycles. The van der Waals surface area contributed by atoms with E-state index in [9.17, 15) is 14.0 Å². The van der Waals surface area contributed by atoms with E-state index >= 15 is 0 Å². The molecule has 1 amide bonds. The molecule has 0 spiro atoms. The molecule has 1 atom stereocenters. The maximum absolute atomic E-state index is 14.3.